The van der Waals surface area contributed by atoms with Gasteiger partial charge in [-0.1, -0.05) is 30.3 Å². The van der Waals surface area contributed by atoms with Gasteiger partial charge in [0.25, 0.3) is 0 Å². The van der Waals surface area contributed by atoms with Crippen LogP contribution >= 0.6 is 0 Å². The van der Waals surface area contributed by atoms with E-state index in [0.717, 1.165) is 12.5 Å². The summed E-state index contributed by atoms with van der Waals surface area (Å²) in [6.07, 6.45) is 2.69. The Morgan fingerprint density at radius 1 is 1.29 bits per heavy atom. The number of benzene rings is 1. The van der Waals surface area contributed by atoms with Gasteiger partial charge in [0.05, 0.1) is 12.6 Å². The second-order valence-electron chi connectivity index (χ2n) is 4.00. The third kappa shape index (κ3) is 2.56. The fourth-order valence-electron chi connectivity index (χ4n) is 1.60. The van der Waals surface area contributed by atoms with Crippen molar-refractivity contribution in [3.8, 4) is 0 Å². The number of rotatable bonds is 5. The van der Waals surface area contributed by atoms with E-state index in [1.807, 2.05) is 18.2 Å². The molecule has 0 bridgehead atoms. The van der Waals surface area contributed by atoms with Crippen LogP contribution in [0.1, 0.15) is 24.4 Å². The molecule has 1 aliphatic carbocycles. The Morgan fingerprint density at radius 3 is 2.57 bits per heavy atom. The van der Waals surface area contributed by atoms with E-state index in [1.54, 1.807) is 0 Å². The van der Waals surface area contributed by atoms with Gasteiger partial charge in [0.15, 0.2) is 0 Å². The third-order valence-corrected chi connectivity index (χ3v) is 2.73. The Hall–Kier alpha value is -0.860. The first-order chi connectivity index (χ1) is 6.90. The van der Waals surface area contributed by atoms with Gasteiger partial charge in [-0.05, 0) is 30.9 Å². The van der Waals surface area contributed by atoms with Gasteiger partial charge in [-0.25, -0.2) is 0 Å². The molecular weight excluding hydrogens is 174 g/mol. The van der Waals surface area contributed by atoms with Crippen molar-refractivity contribution in [3.63, 3.8) is 0 Å². The summed E-state index contributed by atoms with van der Waals surface area (Å²) in [6, 6.07) is 10.2. The second kappa shape index (κ2) is 4.58. The molecule has 0 spiro atoms. The molecule has 0 unspecified atom stereocenters. The van der Waals surface area contributed by atoms with Crippen molar-refractivity contribution in [2.24, 2.45) is 5.92 Å². The van der Waals surface area contributed by atoms with Gasteiger partial charge in [0.2, 0.25) is 0 Å². The van der Waals surface area contributed by atoms with E-state index in [-0.39, 0.29) is 12.6 Å². The number of hydrogen-bond acceptors (Lipinski definition) is 2. The van der Waals surface area contributed by atoms with Crippen LogP contribution in [0.2, 0.25) is 0 Å². The highest BCUT2D eigenvalue weighted by Gasteiger charge is 2.22. The summed E-state index contributed by atoms with van der Waals surface area (Å²) in [5, 5.41) is 12.6. The summed E-state index contributed by atoms with van der Waals surface area (Å²) in [7, 11) is 0. The Morgan fingerprint density at radius 2 is 2.00 bits per heavy atom. The average molecular weight is 191 g/mol. The Kier molecular flexibility index (Phi) is 3.17. The summed E-state index contributed by atoms with van der Waals surface area (Å²) in [5.41, 5.74) is 1.18. The van der Waals surface area contributed by atoms with E-state index in [9.17, 15) is 5.11 Å². The molecule has 1 atom stereocenters. The molecule has 0 radical (unpaired) electrons. The normalized spacial score (nSPS) is 18.1. The van der Waals surface area contributed by atoms with Gasteiger partial charge >= 0.3 is 0 Å². The van der Waals surface area contributed by atoms with Crippen molar-refractivity contribution in [1.29, 1.82) is 0 Å². The molecule has 1 fully saturated rings. The number of hydrogen-bond donors (Lipinski definition) is 2. The van der Waals surface area contributed by atoms with Gasteiger partial charge in [0, 0.05) is 0 Å². The minimum atomic E-state index is 0.108. The molecule has 1 saturated carbocycles. The molecule has 0 saturated heterocycles. The predicted molar refractivity (Wildman–Crippen MR) is 57.0 cm³/mol. The van der Waals surface area contributed by atoms with E-state index in [2.05, 4.69) is 17.4 Å². The van der Waals surface area contributed by atoms with Crippen LogP contribution in [0.25, 0.3) is 0 Å². The molecule has 1 aromatic rings. The number of aliphatic hydroxyl groups is 1. The van der Waals surface area contributed by atoms with Gasteiger partial charge in [-0.2, -0.15) is 0 Å². The first kappa shape index (κ1) is 9.69. The minimum absolute atomic E-state index is 0.108. The van der Waals surface area contributed by atoms with Crippen molar-refractivity contribution in [2.45, 2.75) is 18.9 Å². The molecular formula is C12H17NO. The summed E-state index contributed by atoms with van der Waals surface area (Å²) >= 11 is 0. The van der Waals surface area contributed by atoms with E-state index in [4.69, 9.17) is 0 Å². The Labute approximate surface area is 85.0 Å². The van der Waals surface area contributed by atoms with E-state index >= 15 is 0 Å². The van der Waals surface area contributed by atoms with Crippen molar-refractivity contribution in [3.05, 3.63) is 35.9 Å². The van der Waals surface area contributed by atoms with Crippen molar-refractivity contribution < 1.29 is 5.11 Å². The fraction of sp³-hybridized carbons (Fsp3) is 0.500. The van der Waals surface area contributed by atoms with Gasteiger partial charge in [-0.15, -0.1) is 0 Å². The monoisotopic (exact) mass is 191 g/mol. The Bertz CT molecular complexity index is 269. The number of aliphatic hydroxyl groups excluding tert-OH is 1. The molecule has 0 aliphatic heterocycles. The standard InChI is InChI=1S/C12H17NO/c14-9-12(13-8-10-6-7-10)11-4-2-1-3-5-11/h1-5,10,12-14H,6-9H2/t12-/m1/s1. The highest BCUT2D eigenvalue weighted by Crippen LogP contribution is 2.28. The SMILES string of the molecule is OC[C@@H](NCC1CC1)c1ccccc1. The minimum Gasteiger partial charge on any atom is -0.394 e. The first-order valence-electron chi connectivity index (χ1n) is 5.29. The molecule has 2 N–H and O–H groups in total. The van der Waals surface area contributed by atoms with Crippen LogP contribution in [0.5, 0.6) is 0 Å². The van der Waals surface area contributed by atoms with Crippen LogP contribution in [-0.2, 0) is 0 Å². The summed E-state index contributed by atoms with van der Waals surface area (Å²) in [5.74, 6) is 0.854. The van der Waals surface area contributed by atoms with E-state index < -0.39 is 0 Å². The summed E-state index contributed by atoms with van der Waals surface area (Å²) < 4.78 is 0. The van der Waals surface area contributed by atoms with Crippen molar-refractivity contribution >= 4 is 0 Å². The van der Waals surface area contributed by atoms with Crippen LogP contribution in [-0.4, -0.2) is 18.3 Å². The molecule has 2 rings (SSSR count). The molecule has 0 heterocycles. The van der Waals surface area contributed by atoms with Crippen molar-refractivity contribution in [1.82, 2.24) is 5.32 Å². The molecule has 0 amide bonds. The quantitative estimate of drug-likeness (QED) is 0.742. The molecule has 2 nitrogen and oxygen atoms in total. The zero-order chi connectivity index (χ0) is 9.80. The molecule has 14 heavy (non-hydrogen) atoms. The molecule has 1 aromatic carbocycles. The van der Waals surface area contributed by atoms with Gasteiger partial charge < -0.3 is 10.4 Å². The number of nitrogens with one attached hydrogen (secondary N) is 1. The predicted octanol–water partition coefficient (Wildman–Crippen LogP) is 1.72. The lowest BCUT2D eigenvalue weighted by atomic mass is 10.1. The molecule has 76 valence electrons. The zero-order valence-electron chi connectivity index (χ0n) is 8.32. The van der Waals surface area contributed by atoms with E-state index in [1.165, 1.54) is 18.4 Å². The highest BCUT2D eigenvalue weighted by atomic mass is 16.3. The van der Waals surface area contributed by atoms with Crippen LogP contribution in [0, 0.1) is 5.92 Å². The average Bonchev–Trinajstić information content (AvgIpc) is 3.04. The lowest BCUT2D eigenvalue weighted by molar-refractivity contribution is 0.243. The van der Waals surface area contributed by atoms with Crippen LogP contribution in [0.4, 0.5) is 0 Å². The molecule has 0 aromatic heterocycles. The highest BCUT2D eigenvalue weighted by molar-refractivity contribution is 5.18. The van der Waals surface area contributed by atoms with Crippen LogP contribution in [0.15, 0.2) is 30.3 Å². The lowest BCUT2D eigenvalue weighted by Gasteiger charge is -2.16. The molecule has 2 heteroatoms. The second-order valence-corrected chi connectivity index (χ2v) is 4.00. The maximum absolute atomic E-state index is 9.25. The molecule has 1 aliphatic rings. The zero-order valence-corrected chi connectivity index (χ0v) is 8.32. The first-order valence-corrected chi connectivity index (χ1v) is 5.29. The maximum atomic E-state index is 9.25. The lowest BCUT2D eigenvalue weighted by Crippen LogP contribution is -2.26. The van der Waals surface area contributed by atoms with Gasteiger partial charge in [-0.3, -0.25) is 0 Å². The summed E-state index contributed by atoms with van der Waals surface area (Å²) in [4.78, 5) is 0. The van der Waals surface area contributed by atoms with E-state index in [0.29, 0.717) is 0 Å². The smallest absolute Gasteiger partial charge is 0.0626 e. The largest absolute Gasteiger partial charge is 0.394 e. The fourth-order valence-corrected chi connectivity index (χ4v) is 1.60. The van der Waals surface area contributed by atoms with Crippen LogP contribution < -0.4 is 5.32 Å². The third-order valence-electron chi connectivity index (χ3n) is 2.73. The topological polar surface area (TPSA) is 32.3 Å². The van der Waals surface area contributed by atoms with Crippen molar-refractivity contribution in [2.75, 3.05) is 13.2 Å². The Balaban J connectivity index is 1.90. The van der Waals surface area contributed by atoms with Gasteiger partial charge in [0.1, 0.15) is 0 Å². The van der Waals surface area contributed by atoms with Crippen LogP contribution in [0.3, 0.4) is 0 Å². The maximum Gasteiger partial charge on any atom is 0.0626 e. The summed E-state index contributed by atoms with van der Waals surface area (Å²) in [6.45, 7) is 1.22.